The maximum absolute atomic E-state index is 12.5. The standard InChI is InChI=1S/C16H21N5O2/c1-19-7-9-20(10-8-19)18-15(22)14-11-17-16(23)21(14)12-13-5-3-2-4-6-13/h2-6,11H,7-10,12H2,1H3,(H,17,23)(H,18,22). The molecule has 0 aliphatic carbocycles. The summed E-state index contributed by atoms with van der Waals surface area (Å²) in [6, 6.07) is 9.61. The van der Waals surface area contributed by atoms with Crippen molar-refractivity contribution in [3.8, 4) is 0 Å². The number of rotatable bonds is 4. The zero-order valence-electron chi connectivity index (χ0n) is 13.2. The van der Waals surface area contributed by atoms with E-state index < -0.39 is 0 Å². The maximum atomic E-state index is 12.5. The van der Waals surface area contributed by atoms with Gasteiger partial charge in [0.15, 0.2) is 0 Å². The molecule has 1 aliphatic rings. The second-order valence-corrected chi connectivity index (χ2v) is 5.78. The normalized spacial score (nSPS) is 16.4. The molecule has 7 nitrogen and oxygen atoms in total. The molecule has 2 N–H and O–H groups in total. The fourth-order valence-electron chi connectivity index (χ4n) is 2.63. The van der Waals surface area contributed by atoms with Crippen LogP contribution in [0.5, 0.6) is 0 Å². The number of carbonyl (C=O) groups is 1. The van der Waals surface area contributed by atoms with Gasteiger partial charge in [-0.15, -0.1) is 0 Å². The molecule has 1 aromatic heterocycles. The Kier molecular flexibility index (Phi) is 4.59. The highest BCUT2D eigenvalue weighted by molar-refractivity contribution is 5.92. The van der Waals surface area contributed by atoms with Gasteiger partial charge in [0.05, 0.1) is 6.54 Å². The van der Waals surface area contributed by atoms with E-state index in [2.05, 4.69) is 22.4 Å². The van der Waals surface area contributed by atoms with E-state index in [9.17, 15) is 9.59 Å². The van der Waals surface area contributed by atoms with Crippen LogP contribution in [0.4, 0.5) is 0 Å². The number of hydrogen-bond acceptors (Lipinski definition) is 4. The Labute approximate surface area is 134 Å². The van der Waals surface area contributed by atoms with Gasteiger partial charge in [-0.2, -0.15) is 0 Å². The number of nitrogens with zero attached hydrogens (tertiary/aromatic N) is 3. The molecule has 2 aromatic rings. The fourth-order valence-corrected chi connectivity index (χ4v) is 2.63. The van der Waals surface area contributed by atoms with Gasteiger partial charge in [0, 0.05) is 32.4 Å². The molecule has 2 heterocycles. The second kappa shape index (κ2) is 6.80. The summed E-state index contributed by atoms with van der Waals surface area (Å²) in [6.45, 7) is 3.73. The molecular weight excluding hydrogens is 294 g/mol. The molecule has 1 saturated heterocycles. The lowest BCUT2D eigenvalue weighted by Crippen LogP contribution is -2.52. The quantitative estimate of drug-likeness (QED) is 0.840. The molecule has 7 heteroatoms. The van der Waals surface area contributed by atoms with Gasteiger partial charge in [0.2, 0.25) is 0 Å². The van der Waals surface area contributed by atoms with Crippen LogP contribution < -0.4 is 11.1 Å². The van der Waals surface area contributed by atoms with Crippen molar-refractivity contribution in [3.05, 3.63) is 58.3 Å². The number of aromatic amines is 1. The first kappa shape index (κ1) is 15.5. The van der Waals surface area contributed by atoms with Gasteiger partial charge >= 0.3 is 5.69 Å². The highest BCUT2D eigenvalue weighted by Crippen LogP contribution is 2.05. The number of nitrogens with one attached hydrogen (secondary N) is 2. The molecule has 1 aliphatic heterocycles. The molecule has 1 aromatic carbocycles. The summed E-state index contributed by atoms with van der Waals surface area (Å²) in [5.41, 5.74) is 3.92. The van der Waals surface area contributed by atoms with Crippen LogP contribution in [0.25, 0.3) is 0 Å². The van der Waals surface area contributed by atoms with Gasteiger partial charge in [-0.05, 0) is 12.6 Å². The first-order chi connectivity index (χ1) is 11.1. The summed E-state index contributed by atoms with van der Waals surface area (Å²) in [5.74, 6) is -0.260. The smallest absolute Gasteiger partial charge is 0.312 e. The number of H-pyrrole nitrogens is 1. The number of piperazine rings is 1. The van der Waals surface area contributed by atoms with E-state index in [0.717, 1.165) is 31.7 Å². The van der Waals surface area contributed by atoms with Crippen LogP contribution in [-0.2, 0) is 6.54 Å². The largest absolute Gasteiger partial charge is 0.326 e. The van der Waals surface area contributed by atoms with Crippen molar-refractivity contribution in [2.45, 2.75) is 6.54 Å². The number of carbonyl (C=O) groups excluding carboxylic acids is 1. The van der Waals surface area contributed by atoms with E-state index in [-0.39, 0.29) is 11.6 Å². The third kappa shape index (κ3) is 3.69. The number of hydrogen-bond donors (Lipinski definition) is 2. The predicted octanol–water partition coefficient (Wildman–Crippen LogP) is 0.117. The monoisotopic (exact) mass is 315 g/mol. The van der Waals surface area contributed by atoms with Crippen molar-refractivity contribution in [2.75, 3.05) is 33.2 Å². The lowest BCUT2D eigenvalue weighted by molar-refractivity contribution is 0.0654. The average Bonchev–Trinajstić information content (AvgIpc) is 2.92. The highest BCUT2D eigenvalue weighted by Gasteiger charge is 2.19. The van der Waals surface area contributed by atoms with Crippen molar-refractivity contribution in [2.24, 2.45) is 0 Å². The molecule has 0 bridgehead atoms. The van der Waals surface area contributed by atoms with Gasteiger partial charge in [0.25, 0.3) is 5.91 Å². The minimum atomic E-state index is -0.280. The van der Waals surface area contributed by atoms with E-state index in [0.29, 0.717) is 12.2 Å². The summed E-state index contributed by atoms with van der Waals surface area (Å²) in [4.78, 5) is 29.3. The van der Waals surface area contributed by atoms with E-state index in [1.807, 2.05) is 35.3 Å². The molecule has 1 fully saturated rings. The van der Waals surface area contributed by atoms with Crippen molar-refractivity contribution >= 4 is 5.91 Å². The van der Waals surface area contributed by atoms with Gasteiger partial charge < -0.3 is 9.88 Å². The van der Waals surface area contributed by atoms with Crippen LogP contribution in [-0.4, -0.2) is 58.6 Å². The van der Waals surface area contributed by atoms with Crippen LogP contribution in [0.15, 0.2) is 41.3 Å². The first-order valence-electron chi connectivity index (χ1n) is 7.70. The van der Waals surface area contributed by atoms with Crippen molar-refractivity contribution in [3.63, 3.8) is 0 Å². The fraction of sp³-hybridized carbons (Fsp3) is 0.375. The Bertz CT molecular complexity index is 714. The highest BCUT2D eigenvalue weighted by atomic mass is 16.2. The predicted molar refractivity (Wildman–Crippen MR) is 87.1 cm³/mol. The van der Waals surface area contributed by atoms with Crippen molar-refractivity contribution < 1.29 is 4.79 Å². The molecule has 0 radical (unpaired) electrons. The molecule has 0 unspecified atom stereocenters. The SMILES string of the molecule is CN1CCN(NC(=O)c2c[nH]c(=O)n2Cc2ccccc2)CC1. The zero-order chi connectivity index (χ0) is 16.2. The van der Waals surface area contributed by atoms with Crippen LogP contribution >= 0.6 is 0 Å². The Morgan fingerprint density at radius 2 is 1.87 bits per heavy atom. The number of benzene rings is 1. The summed E-state index contributed by atoms with van der Waals surface area (Å²) in [6.07, 6.45) is 1.47. The van der Waals surface area contributed by atoms with Crippen molar-refractivity contribution in [1.82, 2.24) is 24.9 Å². The van der Waals surface area contributed by atoms with Crippen LogP contribution in [0.1, 0.15) is 16.1 Å². The number of amides is 1. The number of likely N-dealkylation sites (N-methyl/N-ethyl adjacent to an activating group) is 1. The molecule has 122 valence electrons. The summed E-state index contributed by atoms with van der Waals surface area (Å²) < 4.78 is 1.46. The van der Waals surface area contributed by atoms with Crippen molar-refractivity contribution in [1.29, 1.82) is 0 Å². The van der Waals surface area contributed by atoms with Gasteiger partial charge in [-0.25, -0.2) is 9.80 Å². The molecule has 0 saturated carbocycles. The Balaban J connectivity index is 1.72. The number of hydrazine groups is 1. The third-order valence-corrected chi connectivity index (χ3v) is 4.05. The topological polar surface area (TPSA) is 73.4 Å². The lowest BCUT2D eigenvalue weighted by atomic mass is 10.2. The molecule has 3 rings (SSSR count). The second-order valence-electron chi connectivity index (χ2n) is 5.78. The first-order valence-corrected chi connectivity index (χ1v) is 7.70. The van der Waals surface area contributed by atoms with Crippen LogP contribution in [0.3, 0.4) is 0 Å². The van der Waals surface area contributed by atoms with E-state index >= 15 is 0 Å². The number of aromatic nitrogens is 2. The molecule has 1 amide bonds. The van der Waals surface area contributed by atoms with E-state index in [4.69, 9.17) is 0 Å². The lowest BCUT2D eigenvalue weighted by Gasteiger charge is -2.32. The third-order valence-electron chi connectivity index (χ3n) is 4.05. The minimum absolute atomic E-state index is 0.260. The van der Waals surface area contributed by atoms with E-state index in [1.165, 1.54) is 10.8 Å². The molecule has 0 atom stereocenters. The van der Waals surface area contributed by atoms with Crippen LogP contribution in [0.2, 0.25) is 0 Å². The van der Waals surface area contributed by atoms with Gasteiger partial charge in [-0.3, -0.25) is 14.8 Å². The van der Waals surface area contributed by atoms with E-state index in [1.54, 1.807) is 0 Å². The number of imidazole rings is 1. The summed E-state index contributed by atoms with van der Waals surface area (Å²) in [7, 11) is 2.06. The summed E-state index contributed by atoms with van der Waals surface area (Å²) >= 11 is 0. The Morgan fingerprint density at radius 1 is 1.17 bits per heavy atom. The van der Waals surface area contributed by atoms with Gasteiger partial charge in [0.1, 0.15) is 5.69 Å². The Morgan fingerprint density at radius 3 is 2.57 bits per heavy atom. The molecule has 0 spiro atoms. The zero-order valence-corrected chi connectivity index (χ0v) is 13.2. The minimum Gasteiger partial charge on any atom is -0.312 e. The summed E-state index contributed by atoms with van der Waals surface area (Å²) in [5, 5.41) is 1.90. The average molecular weight is 315 g/mol. The van der Waals surface area contributed by atoms with Crippen LogP contribution in [0, 0.1) is 0 Å². The molecule has 23 heavy (non-hydrogen) atoms. The Hall–Kier alpha value is -2.38. The maximum Gasteiger partial charge on any atom is 0.326 e. The van der Waals surface area contributed by atoms with Gasteiger partial charge in [-0.1, -0.05) is 30.3 Å². The molecular formula is C16H21N5O2.